The minimum absolute atomic E-state index is 0.0557. The van der Waals surface area contributed by atoms with Crippen LogP contribution in [0.15, 0.2) is 24.3 Å². The van der Waals surface area contributed by atoms with Gasteiger partial charge in [0.25, 0.3) is 0 Å². The van der Waals surface area contributed by atoms with Crippen molar-refractivity contribution in [3.05, 3.63) is 35.4 Å². The van der Waals surface area contributed by atoms with Crippen LogP contribution in [0.4, 0.5) is 0 Å². The molecular weight excluding hydrogens is 228 g/mol. The van der Waals surface area contributed by atoms with Crippen molar-refractivity contribution in [1.82, 2.24) is 10.6 Å². The number of nitrogens with one attached hydrogen (secondary N) is 2. The van der Waals surface area contributed by atoms with Crippen molar-refractivity contribution in [1.29, 1.82) is 0 Å². The number of carbonyl (C=O) groups excluding carboxylic acids is 1. The average molecular weight is 248 g/mol. The molecule has 0 spiro atoms. The summed E-state index contributed by atoms with van der Waals surface area (Å²) in [4.78, 5) is 11.9. The third kappa shape index (κ3) is 3.09. The maximum absolute atomic E-state index is 11.9. The number of rotatable bonds is 7. The first-order chi connectivity index (χ1) is 8.83. The fraction of sp³-hybridized carbons (Fsp3) is 0.500. The lowest BCUT2D eigenvalue weighted by Gasteiger charge is -2.28. The largest absolute Gasteiger partial charge is 0.383 e. The Balaban J connectivity index is 1.65. The molecule has 0 bridgehead atoms. The molecule has 0 fully saturated rings. The summed E-state index contributed by atoms with van der Waals surface area (Å²) in [7, 11) is 1.68. The normalized spacial score (nSPS) is 16.8. The predicted octanol–water partition coefficient (Wildman–Crippen LogP) is 0.679. The predicted molar refractivity (Wildman–Crippen MR) is 70.6 cm³/mol. The van der Waals surface area contributed by atoms with Gasteiger partial charge in [0, 0.05) is 26.7 Å². The van der Waals surface area contributed by atoms with Crippen molar-refractivity contribution >= 4 is 5.91 Å². The van der Waals surface area contributed by atoms with Crippen LogP contribution >= 0.6 is 0 Å². The van der Waals surface area contributed by atoms with Crippen molar-refractivity contribution < 1.29 is 9.53 Å². The van der Waals surface area contributed by atoms with E-state index in [-0.39, 0.29) is 11.8 Å². The van der Waals surface area contributed by atoms with E-state index in [0.29, 0.717) is 13.2 Å². The second-order valence-corrected chi connectivity index (χ2v) is 4.49. The van der Waals surface area contributed by atoms with Crippen LogP contribution < -0.4 is 10.6 Å². The number of ether oxygens (including phenoxy) is 1. The van der Waals surface area contributed by atoms with E-state index < -0.39 is 0 Å². The van der Waals surface area contributed by atoms with E-state index in [1.165, 1.54) is 11.1 Å². The topological polar surface area (TPSA) is 50.4 Å². The highest BCUT2D eigenvalue weighted by molar-refractivity contribution is 5.86. The van der Waals surface area contributed by atoms with Crippen molar-refractivity contribution in [2.45, 2.75) is 12.3 Å². The van der Waals surface area contributed by atoms with E-state index in [4.69, 9.17) is 4.74 Å². The van der Waals surface area contributed by atoms with Gasteiger partial charge in [-0.2, -0.15) is 0 Å². The second kappa shape index (κ2) is 6.52. The smallest absolute Gasteiger partial charge is 0.227 e. The minimum Gasteiger partial charge on any atom is -0.383 e. The molecule has 0 aliphatic heterocycles. The maximum atomic E-state index is 11.9. The third-order valence-electron chi connectivity index (χ3n) is 3.26. The molecule has 1 unspecified atom stereocenters. The Morgan fingerprint density at radius 1 is 1.33 bits per heavy atom. The average Bonchev–Trinajstić information content (AvgIpc) is 2.35. The molecule has 1 aliphatic carbocycles. The number of methoxy groups -OCH3 is 1. The molecule has 2 rings (SSSR count). The lowest BCUT2D eigenvalue weighted by Crippen LogP contribution is -2.39. The van der Waals surface area contributed by atoms with Crippen molar-refractivity contribution in [3.63, 3.8) is 0 Å². The lowest BCUT2D eigenvalue weighted by molar-refractivity contribution is -0.123. The molecule has 98 valence electrons. The Labute approximate surface area is 108 Å². The lowest BCUT2D eigenvalue weighted by atomic mass is 9.77. The molecule has 2 N–H and O–H groups in total. The van der Waals surface area contributed by atoms with Gasteiger partial charge in [0.05, 0.1) is 12.5 Å². The van der Waals surface area contributed by atoms with Crippen LogP contribution in [0.2, 0.25) is 0 Å². The molecule has 4 nitrogen and oxygen atoms in total. The van der Waals surface area contributed by atoms with Crippen molar-refractivity contribution in [3.8, 4) is 0 Å². The molecule has 4 heteroatoms. The molecule has 1 amide bonds. The van der Waals surface area contributed by atoms with Crippen LogP contribution in [0.25, 0.3) is 0 Å². The van der Waals surface area contributed by atoms with Crippen LogP contribution in [0.3, 0.4) is 0 Å². The minimum atomic E-state index is 0.0557. The molecule has 1 aromatic rings. The van der Waals surface area contributed by atoms with Crippen LogP contribution in [-0.2, 0) is 16.0 Å². The van der Waals surface area contributed by atoms with Crippen molar-refractivity contribution in [2.75, 3.05) is 33.4 Å². The Morgan fingerprint density at radius 3 is 2.94 bits per heavy atom. The third-order valence-corrected chi connectivity index (χ3v) is 3.26. The van der Waals surface area contributed by atoms with E-state index in [0.717, 1.165) is 19.5 Å². The van der Waals surface area contributed by atoms with Crippen LogP contribution in [-0.4, -0.2) is 39.3 Å². The summed E-state index contributed by atoms with van der Waals surface area (Å²) in [5, 5.41) is 6.16. The molecule has 18 heavy (non-hydrogen) atoms. The summed E-state index contributed by atoms with van der Waals surface area (Å²) in [6.07, 6.45) is 0.874. The molecule has 0 saturated carbocycles. The molecule has 0 heterocycles. The Morgan fingerprint density at radius 2 is 2.17 bits per heavy atom. The molecular formula is C14H20N2O2. The van der Waals surface area contributed by atoms with Gasteiger partial charge in [-0.3, -0.25) is 4.79 Å². The number of hydrogen-bond acceptors (Lipinski definition) is 3. The maximum Gasteiger partial charge on any atom is 0.227 e. The van der Waals surface area contributed by atoms with Gasteiger partial charge in [-0.15, -0.1) is 0 Å². The van der Waals surface area contributed by atoms with Crippen LogP contribution in [0.1, 0.15) is 17.0 Å². The highest BCUT2D eigenvalue weighted by atomic mass is 16.5. The Hall–Kier alpha value is -1.39. The van der Waals surface area contributed by atoms with Gasteiger partial charge in [-0.25, -0.2) is 0 Å². The first kappa shape index (κ1) is 13.1. The zero-order valence-corrected chi connectivity index (χ0v) is 10.7. The van der Waals surface area contributed by atoms with Gasteiger partial charge in [0.1, 0.15) is 0 Å². The van der Waals surface area contributed by atoms with E-state index in [1.54, 1.807) is 7.11 Å². The molecule has 1 atom stereocenters. The number of fused-ring (bicyclic) bond motifs is 1. The first-order valence-corrected chi connectivity index (χ1v) is 6.38. The van der Waals surface area contributed by atoms with Crippen LogP contribution in [0.5, 0.6) is 0 Å². The summed E-state index contributed by atoms with van der Waals surface area (Å²) in [6, 6.07) is 8.14. The monoisotopic (exact) mass is 248 g/mol. The number of benzene rings is 1. The molecule has 1 aromatic carbocycles. The zero-order chi connectivity index (χ0) is 12.8. The Kier molecular flexibility index (Phi) is 4.73. The van der Waals surface area contributed by atoms with Gasteiger partial charge >= 0.3 is 0 Å². The summed E-state index contributed by atoms with van der Waals surface area (Å²) in [5.41, 5.74) is 2.48. The molecule has 0 aromatic heterocycles. The summed E-state index contributed by atoms with van der Waals surface area (Å²) in [6.45, 7) is 2.97. The quantitative estimate of drug-likeness (QED) is 0.698. The molecule has 0 saturated heterocycles. The number of hydrogen-bond donors (Lipinski definition) is 2. The van der Waals surface area contributed by atoms with Gasteiger partial charge in [-0.05, 0) is 17.5 Å². The summed E-state index contributed by atoms with van der Waals surface area (Å²) < 4.78 is 4.92. The van der Waals surface area contributed by atoms with Gasteiger partial charge in [-0.1, -0.05) is 24.3 Å². The number of amides is 1. The van der Waals surface area contributed by atoms with Gasteiger partial charge in [0.15, 0.2) is 0 Å². The number of carbonyl (C=O) groups is 1. The van der Waals surface area contributed by atoms with Crippen LogP contribution in [0, 0.1) is 0 Å². The van der Waals surface area contributed by atoms with Crippen molar-refractivity contribution in [2.24, 2.45) is 0 Å². The van der Waals surface area contributed by atoms with E-state index in [9.17, 15) is 4.79 Å². The highest BCUT2D eigenvalue weighted by Crippen LogP contribution is 2.34. The fourth-order valence-corrected chi connectivity index (χ4v) is 2.19. The van der Waals surface area contributed by atoms with Gasteiger partial charge in [0.2, 0.25) is 5.91 Å². The van der Waals surface area contributed by atoms with E-state index in [2.05, 4.69) is 16.7 Å². The standard InChI is InChI=1S/C14H20N2O2/c1-18-9-8-15-6-7-16-14(17)13-10-11-4-2-3-5-12(11)13/h2-5,13,15H,6-10H2,1H3,(H,16,17). The van der Waals surface area contributed by atoms with E-state index in [1.807, 2.05) is 18.2 Å². The zero-order valence-electron chi connectivity index (χ0n) is 10.7. The summed E-state index contributed by atoms with van der Waals surface area (Å²) in [5.74, 6) is 0.197. The second-order valence-electron chi connectivity index (χ2n) is 4.49. The van der Waals surface area contributed by atoms with E-state index >= 15 is 0 Å². The molecule has 1 aliphatic rings. The summed E-state index contributed by atoms with van der Waals surface area (Å²) >= 11 is 0. The molecule has 0 radical (unpaired) electrons. The highest BCUT2D eigenvalue weighted by Gasteiger charge is 2.31. The Bertz CT molecular complexity index is 407. The SMILES string of the molecule is COCCNCCNC(=O)C1Cc2ccccc21. The van der Waals surface area contributed by atoms with Gasteiger partial charge < -0.3 is 15.4 Å². The first-order valence-electron chi connectivity index (χ1n) is 6.38. The fourth-order valence-electron chi connectivity index (χ4n) is 2.19.